The number of pyridine rings is 1. The molecule has 0 amide bonds. The highest BCUT2D eigenvalue weighted by Gasteiger charge is 2.17. The van der Waals surface area contributed by atoms with Crippen LogP contribution in [0.5, 0.6) is 0 Å². The quantitative estimate of drug-likeness (QED) is 0.788. The number of halogens is 1. The number of nitrogens with zero attached hydrogens (tertiary/aromatic N) is 2. The van der Waals surface area contributed by atoms with E-state index in [1.165, 1.54) is 30.3 Å². The van der Waals surface area contributed by atoms with Crippen molar-refractivity contribution < 1.29 is 0 Å². The first-order valence-electron chi connectivity index (χ1n) is 6.51. The predicted molar refractivity (Wildman–Crippen MR) is 79.0 cm³/mol. The SMILES string of the molecule is BrC1CCCN(Cc2cnc3ccccc3c2)C1. The lowest BCUT2D eigenvalue weighted by Gasteiger charge is -2.29. The highest BCUT2D eigenvalue weighted by Crippen LogP contribution is 2.20. The molecular weight excluding hydrogens is 288 g/mol. The second-order valence-electron chi connectivity index (χ2n) is 5.01. The molecule has 0 aliphatic carbocycles. The minimum atomic E-state index is 0.652. The summed E-state index contributed by atoms with van der Waals surface area (Å²) in [6, 6.07) is 10.6. The van der Waals surface area contributed by atoms with E-state index in [4.69, 9.17) is 0 Å². The number of piperidine rings is 1. The van der Waals surface area contributed by atoms with Gasteiger partial charge in [-0.3, -0.25) is 9.88 Å². The van der Waals surface area contributed by atoms with Crippen molar-refractivity contribution >= 4 is 26.8 Å². The molecular formula is C15H17BrN2. The van der Waals surface area contributed by atoms with Crippen molar-refractivity contribution in [1.82, 2.24) is 9.88 Å². The number of aromatic nitrogens is 1. The second-order valence-corrected chi connectivity index (χ2v) is 6.31. The molecule has 1 aliphatic heterocycles. The van der Waals surface area contributed by atoms with E-state index in [0.717, 1.165) is 18.6 Å². The molecule has 0 spiro atoms. The topological polar surface area (TPSA) is 16.1 Å². The van der Waals surface area contributed by atoms with Gasteiger partial charge in [0.1, 0.15) is 0 Å². The van der Waals surface area contributed by atoms with Crippen LogP contribution in [-0.2, 0) is 6.54 Å². The predicted octanol–water partition coefficient (Wildman–Crippen LogP) is 3.59. The monoisotopic (exact) mass is 304 g/mol. The van der Waals surface area contributed by atoms with Crippen molar-refractivity contribution in [3.63, 3.8) is 0 Å². The van der Waals surface area contributed by atoms with Gasteiger partial charge in [-0.15, -0.1) is 0 Å². The van der Waals surface area contributed by atoms with Crippen LogP contribution in [0.15, 0.2) is 36.5 Å². The molecule has 3 heteroatoms. The average molecular weight is 305 g/mol. The van der Waals surface area contributed by atoms with Gasteiger partial charge >= 0.3 is 0 Å². The van der Waals surface area contributed by atoms with Crippen molar-refractivity contribution in [2.75, 3.05) is 13.1 Å². The van der Waals surface area contributed by atoms with E-state index in [0.29, 0.717) is 4.83 Å². The van der Waals surface area contributed by atoms with Crippen LogP contribution >= 0.6 is 15.9 Å². The number of fused-ring (bicyclic) bond motifs is 1. The van der Waals surface area contributed by atoms with Gasteiger partial charge in [-0.1, -0.05) is 34.1 Å². The Morgan fingerprint density at radius 1 is 1.33 bits per heavy atom. The van der Waals surface area contributed by atoms with E-state index in [-0.39, 0.29) is 0 Å². The molecule has 3 rings (SSSR count). The molecule has 1 fully saturated rings. The van der Waals surface area contributed by atoms with Crippen molar-refractivity contribution in [3.8, 4) is 0 Å². The molecule has 1 aromatic carbocycles. The zero-order chi connectivity index (χ0) is 12.4. The molecule has 1 aromatic heterocycles. The molecule has 1 unspecified atom stereocenters. The van der Waals surface area contributed by atoms with E-state index in [9.17, 15) is 0 Å². The van der Waals surface area contributed by atoms with Crippen LogP contribution < -0.4 is 0 Å². The van der Waals surface area contributed by atoms with E-state index < -0.39 is 0 Å². The third-order valence-electron chi connectivity index (χ3n) is 3.50. The lowest BCUT2D eigenvalue weighted by Crippen LogP contribution is -2.35. The normalized spacial score (nSPS) is 21.3. The fraction of sp³-hybridized carbons (Fsp3) is 0.400. The summed E-state index contributed by atoms with van der Waals surface area (Å²) in [7, 11) is 0. The van der Waals surface area contributed by atoms with Gasteiger partial charge in [-0.25, -0.2) is 0 Å². The molecule has 1 saturated heterocycles. The van der Waals surface area contributed by atoms with Gasteiger partial charge in [0, 0.05) is 29.5 Å². The molecule has 1 aliphatic rings. The molecule has 0 radical (unpaired) electrons. The number of alkyl halides is 1. The maximum Gasteiger partial charge on any atom is 0.0702 e. The molecule has 94 valence electrons. The van der Waals surface area contributed by atoms with E-state index in [1.807, 2.05) is 12.3 Å². The van der Waals surface area contributed by atoms with Crippen LogP contribution in [0.4, 0.5) is 0 Å². The summed E-state index contributed by atoms with van der Waals surface area (Å²) in [5.74, 6) is 0. The molecule has 1 atom stereocenters. The van der Waals surface area contributed by atoms with E-state index in [1.54, 1.807) is 0 Å². The number of hydrogen-bond acceptors (Lipinski definition) is 2. The molecule has 2 heterocycles. The summed E-state index contributed by atoms with van der Waals surface area (Å²) in [6.07, 6.45) is 4.60. The van der Waals surface area contributed by atoms with Gasteiger partial charge in [-0.2, -0.15) is 0 Å². The van der Waals surface area contributed by atoms with Gasteiger partial charge in [-0.05, 0) is 37.1 Å². The molecule has 18 heavy (non-hydrogen) atoms. The highest BCUT2D eigenvalue weighted by atomic mass is 79.9. The first kappa shape index (κ1) is 12.1. The van der Waals surface area contributed by atoms with Gasteiger partial charge in [0.15, 0.2) is 0 Å². The van der Waals surface area contributed by atoms with Crippen molar-refractivity contribution in [2.45, 2.75) is 24.2 Å². The van der Waals surface area contributed by atoms with Gasteiger partial charge in [0.25, 0.3) is 0 Å². The zero-order valence-electron chi connectivity index (χ0n) is 10.3. The van der Waals surface area contributed by atoms with Crippen LogP contribution in [0.25, 0.3) is 10.9 Å². The third-order valence-corrected chi connectivity index (χ3v) is 4.25. The van der Waals surface area contributed by atoms with Crippen LogP contribution in [0, 0.1) is 0 Å². The number of rotatable bonds is 2. The maximum absolute atomic E-state index is 4.53. The number of likely N-dealkylation sites (tertiary alicyclic amines) is 1. The highest BCUT2D eigenvalue weighted by molar-refractivity contribution is 9.09. The van der Waals surface area contributed by atoms with Crippen LogP contribution in [0.2, 0.25) is 0 Å². The lowest BCUT2D eigenvalue weighted by atomic mass is 10.1. The Morgan fingerprint density at radius 2 is 2.22 bits per heavy atom. The number of benzene rings is 1. The Balaban J connectivity index is 1.78. The summed E-state index contributed by atoms with van der Waals surface area (Å²) in [4.78, 5) is 7.69. The summed E-state index contributed by atoms with van der Waals surface area (Å²) < 4.78 is 0. The van der Waals surface area contributed by atoms with Crippen molar-refractivity contribution in [1.29, 1.82) is 0 Å². The smallest absolute Gasteiger partial charge is 0.0702 e. The fourth-order valence-corrected chi connectivity index (χ4v) is 3.34. The van der Waals surface area contributed by atoms with Gasteiger partial charge in [0.2, 0.25) is 0 Å². The largest absolute Gasteiger partial charge is 0.298 e. The van der Waals surface area contributed by atoms with Gasteiger partial charge < -0.3 is 0 Å². The Labute approximate surface area is 116 Å². The minimum absolute atomic E-state index is 0.652. The average Bonchev–Trinajstić information content (AvgIpc) is 2.39. The standard InChI is InChI=1S/C15H17BrN2/c16-14-5-3-7-18(11-14)10-12-8-13-4-1-2-6-15(13)17-9-12/h1-2,4,6,8-9,14H,3,5,7,10-11H2. The molecule has 0 saturated carbocycles. The number of hydrogen-bond donors (Lipinski definition) is 0. The Bertz CT molecular complexity index is 541. The number of para-hydroxylation sites is 1. The summed E-state index contributed by atoms with van der Waals surface area (Å²) in [5, 5.41) is 1.24. The Morgan fingerprint density at radius 3 is 3.11 bits per heavy atom. The van der Waals surface area contributed by atoms with Crippen LogP contribution in [0.1, 0.15) is 18.4 Å². The lowest BCUT2D eigenvalue weighted by molar-refractivity contribution is 0.227. The van der Waals surface area contributed by atoms with E-state index >= 15 is 0 Å². The van der Waals surface area contributed by atoms with Crippen LogP contribution in [0.3, 0.4) is 0 Å². The first-order chi connectivity index (χ1) is 8.81. The van der Waals surface area contributed by atoms with Crippen molar-refractivity contribution in [3.05, 3.63) is 42.1 Å². The third kappa shape index (κ3) is 2.73. The van der Waals surface area contributed by atoms with E-state index in [2.05, 4.69) is 50.1 Å². The Kier molecular flexibility index (Phi) is 3.62. The second kappa shape index (κ2) is 5.37. The van der Waals surface area contributed by atoms with Crippen LogP contribution in [-0.4, -0.2) is 27.8 Å². The first-order valence-corrected chi connectivity index (χ1v) is 7.43. The molecule has 0 bridgehead atoms. The summed E-state index contributed by atoms with van der Waals surface area (Å²) in [6.45, 7) is 3.36. The zero-order valence-corrected chi connectivity index (χ0v) is 11.9. The summed E-state index contributed by atoms with van der Waals surface area (Å²) in [5.41, 5.74) is 2.40. The van der Waals surface area contributed by atoms with Gasteiger partial charge in [0.05, 0.1) is 5.52 Å². The summed E-state index contributed by atoms with van der Waals surface area (Å²) >= 11 is 3.72. The molecule has 2 nitrogen and oxygen atoms in total. The minimum Gasteiger partial charge on any atom is -0.298 e. The molecule has 2 aromatic rings. The Hall–Kier alpha value is -0.930. The molecule has 0 N–H and O–H groups in total. The fourth-order valence-electron chi connectivity index (χ4n) is 2.60. The van der Waals surface area contributed by atoms with Crippen molar-refractivity contribution in [2.24, 2.45) is 0 Å². The maximum atomic E-state index is 4.53.